The zero-order valence-corrected chi connectivity index (χ0v) is 77.1. The number of hydrogen-bond donors (Lipinski definition) is 4. The van der Waals surface area contributed by atoms with Crippen LogP contribution in [0.1, 0.15) is 129 Å². The molecule has 0 bridgehead atoms. The summed E-state index contributed by atoms with van der Waals surface area (Å²) >= 11 is 28.0. The first kappa shape index (κ1) is 120. The quantitative estimate of drug-likeness (QED) is 0.0192. The summed E-state index contributed by atoms with van der Waals surface area (Å²) in [5.74, 6) is -5.89. The number of aryl methyl sites for hydroxylation is 5. The van der Waals surface area contributed by atoms with Crippen LogP contribution in [0.2, 0.25) is 10.2 Å². The average Bonchev–Trinajstić information content (AvgIpc) is 0.852. The maximum atomic E-state index is 12.5. The number of carboxylic acids is 1. The first-order valence-corrected chi connectivity index (χ1v) is 43.1. The van der Waals surface area contributed by atoms with Gasteiger partial charge in [0.05, 0.1) is 152 Å². The van der Waals surface area contributed by atoms with Gasteiger partial charge in [0.25, 0.3) is 9.05 Å². The number of allylic oxidation sites excluding steroid dienone is 6. The highest BCUT2D eigenvalue weighted by Gasteiger charge is 2.21. The number of methoxy groups -OCH3 is 6. The Kier molecular flexibility index (Phi) is 62.2. The highest BCUT2D eigenvalue weighted by atomic mass is 79.9. The third-order valence-electron chi connectivity index (χ3n) is 12.8. The van der Waals surface area contributed by atoms with Crippen molar-refractivity contribution in [2.75, 3.05) is 42.7 Å². The third kappa shape index (κ3) is 51.2. The van der Waals surface area contributed by atoms with Gasteiger partial charge in [-0.1, -0.05) is 39.1 Å². The Morgan fingerprint density at radius 3 is 1.26 bits per heavy atom. The number of carbonyl (C=O) groups excluding carboxylic acids is 10. The minimum absolute atomic E-state index is 0. The predicted molar refractivity (Wildman–Crippen MR) is 451 cm³/mol. The molecule has 8 rings (SSSR count). The van der Waals surface area contributed by atoms with Crippen LogP contribution in [-0.2, 0) is 96.7 Å². The number of aliphatic carboxylic acids is 1. The van der Waals surface area contributed by atoms with Crippen LogP contribution in [-0.4, -0.2) is 182 Å². The van der Waals surface area contributed by atoms with Crippen LogP contribution in [0, 0.1) is 85.8 Å². The van der Waals surface area contributed by atoms with E-state index >= 15 is 0 Å². The summed E-state index contributed by atoms with van der Waals surface area (Å²) in [5, 5.41) is 38.9. The Bertz CT molecular complexity index is 5090. The lowest BCUT2D eigenvalue weighted by Crippen LogP contribution is -2.16. The summed E-state index contributed by atoms with van der Waals surface area (Å²) in [4.78, 5) is 160. The van der Waals surface area contributed by atoms with E-state index in [0.717, 1.165) is 47.9 Å². The summed E-state index contributed by atoms with van der Waals surface area (Å²) < 4.78 is 78.9. The Morgan fingerprint density at radius 1 is 0.590 bits per heavy atom. The molecule has 40 nitrogen and oxygen atoms in total. The molecule has 54 heteroatoms. The van der Waals surface area contributed by atoms with Crippen molar-refractivity contribution in [1.29, 1.82) is 21.0 Å². The van der Waals surface area contributed by atoms with Gasteiger partial charge in [-0.2, -0.15) is 21.0 Å². The summed E-state index contributed by atoms with van der Waals surface area (Å²) in [7, 11) is 16.2. The molecular formula is C68H72BrCl9FN18O22PS2. The van der Waals surface area contributed by atoms with Crippen molar-refractivity contribution in [3.63, 3.8) is 0 Å². The Labute approximate surface area is 751 Å². The van der Waals surface area contributed by atoms with E-state index in [1.54, 1.807) is 46.8 Å². The molecule has 7 N–H and O–H groups in total. The largest absolute Gasteiger partial charge is 0.477 e. The second-order valence-electron chi connectivity index (χ2n) is 21.1. The van der Waals surface area contributed by atoms with Gasteiger partial charge in [-0.15, -0.1) is 12.4 Å². The minimum atomic E-state index is -3.82. The van der Waals surface area contributed by atoms with Gasteiger partial charge in [-0.25, -0.2) is 90.5 Å². The number of carboxylic acid groups (broad SMARTS) is 1. The number of ketones is 4. The van der Waals surface area contributed by atoms with E-state index in [1.807, 2.05) is 6.92 Å². The number of nitrogens with zero attached hydrogens (tertiary/aromatic N) is 15. The van der Waals surface area contributed by atoms with Gasteiger partial charge in [0.15, 0.2) is 45.8 Å². The van der Waals surface area contributed by atoms with Gasteiger partial charge in [-0.3, -0.25) is 38.7 Å². The maximum Gasteiger partial charge on any atom is 0.374 e. The van der Waals surface area contributed by atoms with Gasteiger partial charge in [0.2, 0.25) is 15.0 Å². The monoisotopic (exact) mass is 2000 g/mol. The van der Waals surface area contributed by atoms with Crippen molar-refractivity contribution in [2.24, 2.45) is 32.2 Å². The average molecular weight is 2010 g/mol. The number of benzene rings is 1. The van der Waals surface area contributed by atoms with Crippen molar-refractivity contribution in [3.8, 4) is 24.3 Å². The molecule has 0 atom stereocenters. The zero-order valence-electron chi connectivity index (χ0n) is 66.1. The third-order valence-corrected chi connectivity index (χ3v) is 15.3. The van der Waals surface area contributed by atoms with Gasteiger partial charge in [0.1, 0.15) is 52.0 Å². The molecule has 3 aliphatic heterocycles. The number of nitriles is 4. The maximum absolute atomic E-state index is 12.5. The fourth-order valence-electron chi connectivity index (χ4n) is 6.53. The lowest BCUT2D eigenvalue weighted by atomic mass is 10.0. The van der Waals surface area contributed by atoms with Crippen molar-refractivity contribution in [2.45, 2.75) is 98.3 Å². The molecule has 1 aromatic carbocycles. The molecule has 0 fully saturated rings. The summed E-state index contributed by atoms with van der Waals surface area (Å²) in [5.41, 5.74) is 21.9. The molecular weight excluding hydrogens is 1930 g/mol. The fraction of sp³-hybridized carbons (Fsp3) is 0.294. The highest BCUT2D eigenvalue weighted by Crippen LogP contribution is 2.61. The van der Waals surface area contributed by atoms with Gasteiger partial charge >= 0.3 is 47.0 Å². The number of halogens is 11. The number of hydrogen-bond acceptors (Lipinski definition) is 39. The number of nitrogens with two attached hydrogens (primary N) is 3. The molecule has 4 aromatic heterocycles. The normalized spacial score (nSPS) is 11.9. The molecule has 0 unspecified atom stereocenters. The van der Waals surface area contributed by atoms with Gasteiger partial charge < -0.3 is 50.7 Å². The van der Waals surface area contributed by atoms with E-state index in [4.69, 9.17) is 81.4 Å². The number of ether oxygens (including phenoxy) is 6. The summed E-state index contributed by atoms with van der Waals surface area (Å²) in [6.07, 6.45) is 8.65. The molecule has 660 valence electrons. The van der Waals surface area contributed by atoms with Crippen molar-refractivity contribution >= 4 is 223 Å². The van der Waals surface area contributed by atoms with E-state index in [-0.39, 0.29) is 121 Å². The lowest BCUT2D eigenvalue weighted by Gasteiger charge is -2.06. The van der Waals surface area contributed by atoms with Crippen LogP contribution in [0.3, 0.4) is 0 Å². The zero-order chi connectivity index (χ0) is 94.5. The van der Waals surface area contributed by atoms with Gasteiger partial charge in [-0.05, 0) is 119 Å². The Morgan fingerprint density at radius 2 is 0.959 bits per heavy atom. The van der Waals surface area contributed by atoms with Crippen LogP contribution < -0.4 is 17.2 Å². The van der Waals surface area contributed by atoms with Crippen LogP contribution >= 0.6 is 123 Å². The van der Waals surface area contributed by atoms with Crippen LogP contribution in [0.15, 0.2) is 109 Å². The molecule has 0 saturated carbocycles. The Balaban J connectivity index is -0.000000412. The summed E-state index contributed by atoms with van der Waals surface area (Å²) in [6.45, 7) is 15.0. The molecule has 7 heterocycles. The van der Waals surface area contributed by atoms with Crippen molar-refractivity contribution < 1.29 is 108 Å². The number of aromatic nitrogens is 8. The molecule has 122 heavy (non-hydrogen) atoms. The molecule has 0 radical (unpaired) electrons. The molecule has 0 amide bonds. The number of aliphatic imine (C=N–C) groups is 3. The number of Topliss-reactive ketones (excluding diaryl/α,β-unsaturated/α-hetero) is 4. The smallest absolute Gasteiger partial charge is 0.374 e. The second kappa shape index (κ2) is 63.3. The van der Waals surface area contributed by atoms with Crippen molar-refractivity contribution in [1.82, 2.24) is 39.9 Å². The SMILES string of the molecule is CC1=NC(C#N)=C(C#N)CC1=O.CC1=NC(C(=O)O)=CCC1=O.COC(=O)C(C)=O.COC(=O)C1=CCC(=O)C(C)=N1.COC(=O)c1cnc(C)c(C)n1.COC(=O)c1cnc(CBr)c(C)n1.COC(=O)c1cnc(CN)c(C)n1.COC(=O)c1cnc(Cl)c(C)n1.Cl.N#C/C(N)=C(/N)C#N.O=P(Cl)(Cl)Cl.O=S(=O)(Cl)c1ccc(F)c(Cl)c1.O=S(Cl)Cl. The molecule has 5 aromatic rings. The number of esters is 6. The first-order chi connectivity index (χ1) is 56.1. The van der Waals surface area contributed by atoms with Gasteiger partial charge in [0, 0.05) is 63.7 Å². The lowest BCUT2D eigenvalue weighted by molar-refractivity contribution is -0.150. The summed E-state index contributed by atoms with van der Waals surface area (Å²) in [6, 6.07) is 9.55. The molecule has 0 aliphatic carbocycles. The van der Waals surface area contributed by atoms with Crippen molar-refractivity contribution in [3.05, 3.63) is 168 Å². The number of carbonyl (C=O) groups is 11. The van der Waals surface area contributed by atoms with Crippen LogP contribution in [0.4, 0.5) is 4.39 Å². The van der Waals surface area contributed by atoms with Crippen LogP contribution in [0.25, 0.3) is 0 Å². The van der Waals surface area contributed by atoms with E-state index < -0.39 is 76.9 Å². The minimum Gasteiger partial charge on any atom is -0.477 e. The van der Waals surface area contributed by atoms with E-state index in [1.165, 1.54) is 106 Å². The predicted octanol–water partition coefficient (Wildman–Crippen LogP) is 10.8. The second-order valence-corrected chi connectivity index (χ2v) is 34.2. The fourth-order valence-corrected chi connectivity index (χ4v) is 8.20. The van der Waals surface area contributed by atoms with E-state index in [9.17, 15) is 70.1 Å². The number of alkyl halides is 1. The molecule has 0 saturated heterocycles. The first-order valence-electron chi connectivity index (χ1n) is 31.7. The topological polar surface area (TPSA) is 645 Å². The number of rotatable bonds is 10. The highest BCUT2D eigenvalue weighted by molar-refractivity contribution is 9.08. The van der Waals surface area contributed by atoms with Crippen LogP contribution in [0.5, 0.6) is 0 Å². The standard InChI is InChI=1S/C8H9BrN2O2.C8H11N3O2.C8H5N3O.C8H10N2O2.C8H9NO3.C7H7ClN2O2.C7H7NO3.C6H3Cl2FO2S.C4H4N4.C4H6O3.Cl3OP.Cl2OS.ClH/c2*1-5-6(3-9)10-4-7(11-5)8(12)13-2;1-5-8(12)2-6(3-9)7(4-10)11-5;1-5-6(2)10-7(4-9-5)8(11)12-3;1-5-7(10)4-3-6(9-5)8(11)12-2;1-4-6(8)9-3-5(10-4)7(11)12-2;1-4-6(9)3-2-5(8-4)7(10)11;7-5-3-4(12(8,10)11)1-2-6(5)9;5-1-3(7)4(8)2-6;1-3(5)4(6)7-2;1-5(2,3)4;1-4(2)3;/h4H,3H2,1-2H3;4H,3,9H2,1-2H3;2H2,1H3;4H,1-3H3;3H,4H2,1-2H3;3H,1-2H3;2H,3H2,1H3,(H,10,11);1-3H;7-8H2;1-2H3;;;1H/b;;;;;;;;4-3-;;;;. The molecule has 0 spiro atoms. The molecule has 3 aliphatic rings. The Hall–Kier alpha value is -10.7. The van der Waals surface area contributed by atoms with E-state index in [0.29, 0.717) is 45.5 Å². The van der Waals surface area contributed by atoms with E-state index in [2.05, 4.69) is 154 Å².